The summed E-state index contributed by atoms with van der Waals surface area (Å²) in [4.78, 5) is 29.2. The quantitative estimate of drug-likeness (QED) is 0.623. The fourth-order valence-electron chi connectivity index (χ4n) is 3.01. The number of fused-ring (bicyclic) bond motifs is 1. The van der Waals surface area contributed by atoms with Crippen molar-refractivity contribution >= 4 is 34.8 Å². The van der Waals surface area contributed by atoms with Gasteiger partial charge in [0, 0.05) is 46.5 Å². The Morgan fingerprint density at radius 3 is 2.78 bits per heavy atom. The molecule has 0 fully saturated rings. The number of aliphatic imine (C=N–C) groups is 1. The zero-order valence-electron chi connectivity index (χ0n) is 14.6. The molecule has 1 aromatic carbocycles. The molecule has 27 heavy (non-hydrogen) atoms. The molecule has 0 spiro atoms. The Balaban J connectivity index is 1.80. The SMILES string of the molecule is Cc1c2c(cc(NCC3=NCCN3)c1-c1cccs1)OC(=O)/C=C/C(=O)O2. The van der Waals surface area contributed by atoms with Crippen molar-refractivity contribution in [3.8, 4) is 21.9 Å². The van der Waals surface area contributed by atoms with E-state index in [4.69, 9.17) is 9.47 Å². The summed E-state index contributed by atoms with van der Waals surface area (Å²) in [5, 5.41) is 8.55. The zero-order chi connectivity index (χ0) is 18.8. The third-order valence-electron chi connectivity index (χ3n) is 4.21. The molecule has 2 aromatic rings. The Morgan fingerprint density at radius 1 is 1.26 bits per heavy atom. The number of anilines is 1. The van der Waals surface area contributed by atoms with Crippen LogP contribution in [0.25, 0.3) is 10.4 Å². The summed E-state index contributed by atoms with van der Waals surface area (Å²) < 4.78 is 10.8. The van der Waals surface area contributed by atoms with Crippen LogP contribution in [-0.2, 0) is 9.59 Å². The van der Waals surface area contributed by atoms with Crippen LogP contribution in [0.3, 0.4) is 0 Å². The molecule has 7 nitrogen and oxygen atoms in total. The summed E-state index contributed by atoms with van der Waals surface area (Å²) in [7, 11) is 0. The molecule has 0 atom stereocenters. The first kappa shape index (κ1) is 17.3. The van der Waals surface area contributed by atoms with Gasteiger partial charge in [-0.1, -0.05) is 6.07 Å². The number of benzene rings is 1. The molecule has 1 aromatic heterocycles. The Hall–Kier alpha value is -3.13. The number of carbonyl (C=O) groups is 2. The molecular formula is C19H17N3O4S. The number of rotatable bonds is 4. The van der Waals surface area contributed by atoms with Gasteiger partial charge in [0.05, 0.1) is 13.1 Å². The number of hydrogen-bond acceptors (Lipinski definition) is 8. The van der Waals surface area contributed by atoms with Crippen molar-refractivity contribution in [1.29, 1.82) is 0 Å². The van der Waals surface area contributed by atoms with E-state index >= 15 is 0 Å². The largest absolute Gasteiger partial charge is 0.419 e. The number of nitrogens with one attached hydrogen (secondary N) is 2. The van der Waals surface area contributed by atoms with Gasteiger partial charge in [0.25, 0.3) is 0 Å². The third kappa shape index (κ3) is 3.56. The Kier molecular flexibility index (Phi) is 4.64. The molecule has 3 heterocycles. The Bertz CT molecular complexity index is 964. The van der Waals surface area contributed by atoms with E-state index < -0.39 is 11.9 Å². The summed E-state index contributed by atoms with van der Waals surface area (Å²) in [5.74, 6) is 0.104. The molecule has 2 aliphatic heterocycles. The van der Waals surface area contributed by atoms with Gasteiger partial charge in [0.1, 0.15) is 5.84 Å². The van der Waals surface area contributed by atoms with E-state index in [-0.39, 0.29) is 11.5 Å². The third-order valence-corrected chi connectivity index (χ3v) is 5.10. The Morgan fingerprint density at radius 2 is 2.07 bits per heavy atom. The van der Waals surface area contributed by atoms with Crippen molar-refractivity contribution in [2.45, 2.75) is 6.92 Å². The minimum Gasteiger partial charge on any atom is -0.419 e. The number of amidine groups is 1. The van der Waals surface area contributed by atoms with Gasteiger partial charge in [0.15, 0.2) is 11.5 Å². The monoisotopic (exact) mass is 383 g/mol. The lowest BCUT2D eigenvalue weighted by atomic mass is 10.0. The van der Waals surface area contributed by atoms with Crippen molar-refractivity contribution in [2.75, 3.05) is 25.0 Å². The highest BCUT2D eigenvalue weighted by molar-refractivity contribution is 7.13. The summed E-state index contributed by atoms with van der Waals surface area (Å²) in [6.45, 7) is 3.96. The topological polar surface area (TPSA) is 89.0 Å². The van der Waals surface area contributed by atoms with Gasteiger partial charge in [-0.05, 0) is 18.4 Å². The predicted molar refractivity (Wildman–Crippen MR) is 104 cm³/mol. The first-order valence-electron chi connectivity index (χ1n) is 8.46. The average molecular weight is 383 g/mol. The molecule has 0 bridgehead atoms. The van der Waals surface area contributed by atoms with Crippen molar-refractivity contribution in [3.63, 3.8) is 0 Å². The summed E-state index contributed by atoms with van der Waals surface area (Å²) >= 11 is 1.58. The maximum atomic E-state index is 11.9. The molecule has 0 saturated heterocycles. The van der Waals surface area contributed by atoms with Crippen molar-refractivity contribution in [3.05, 3.63) is 41.3 Å². The lowest BCUT2D eigenvalue weighted by molar-refractivity contribution is -0.133. The predicted octanol–water partition coefficient (Wildman–Crippen LogP) is 2.52. The van der Waals surface area contributed by atoms with Gasteiger partial charge in [-0.25, -0.2) is 9.59 Å². The summed E-state index contributed by atoms with van der Waals surface area (Å²) in [5.41, 5.74) is 2.39. The normalized spacial score (nSPS) is 17.0. The highest BCUT2D eigenvalue weighted by atomic mass is 32.1. The van der Waals surface area contributed by atoms with Gasteiger partial charge >= 0.3 is 11.9 Å². The van der Waals surface area contributed by atoms with Gasteiger partial charge in [-0.3, -0.25) is 4.99 Å². The molecule has 2 N–H and O–H groups in total. The van der Waals surface area contributed by atoms with Crippen LogP contribution in [0, 0.1) is 6.92 Å². The second-order valence-electron chi connectivity index (χ2n) is 6.01. The lowest BCUT2D eigenvalue weighted by Gasteiger charge is -2.20. The minimum atomic E-state index is -0.621. The molecule has 0 saturated carbocycles. The molecule has 0 aliphatic carbocycles. The molecule has 0 amide bonds. The fraction of sp³-hybridized carbons (Fsp3) is 0.211. The number of esters is 2. The zero-order valence-corrected chi connectivity index (χ0v) is 15.4. The van der Waals surface area contributed by atoms with Crippen molar-refractivity contribution in [2.24, 2.45) is 4.99 Å². The first-order valence-corrected chi connectivity index (χ1v) is 9.34. The number of ether oxygens (including phenoxy) is 2. The number of thiophene rings is 1. The number of nitrogens with zero attached hydrogens (tertiary/aromatic N) is 1. The minimum absolute atomic E-state index is 0.208. The van der Waals surface area contributed by atoms with Crippen molar-refractivity contribution in [1.82, 2.24) is 5.32 Å². The molecule has 4 rings (SSSR count). The van der Waals surface area contributed by atoms with Crippen molar-refractivity contribution < 1.29 is 19.1 Å². The maximum absolute atomic E-state index is 11.9. The van der Waals surface area contributed by atoms with E-state index in [2.05, 4.69) is 15.6 Å². The van der Waals surface area contributed by atoms with Crippen LogP contribution in [0.4, 0.5) is 5.69 Å². The average Bonchev–Trinajstić information content (AvgIpc) is 3.33. The van der Waals surface area contributed by atoms with Gasteiger partial charge in [-0.15, -0.1) is 11.3 Å². The van der Waals surface area contributed by atoms with Crippen LogP contribution in [0.1, 0.15) is 5.56 Å². The smallest absolute Gasteiger partial charge is 0.336 e. The summed E-state index contributed by atoms with van der Waals surface area (Å²) in [6.07, 6.45) is 2.11. The molecule has 0 unspecified atom stereocenters. The standard InChI is InChI=1S/C19H17N3O4S/c1-11-18(14-3-2-8-27-14)12(22-10-15-20-6-7-21-15)9-13-19(11)26-17(24)5-4-16(23)25-13/h2-5,8-9,22H,6-7,10H2,1H3,(H,20,21)/b5-4+. The van der Waals surface area contributed by atoms with Gasteiger partial charge < -0.3 is 20.1 Å². The van der Waals surface area contributed by atoms with E-state index in [1.54, 1.807) is 17.4 Å². The van der Waals surface area contributed by atoms with Gasteiger partial charge in [-0.2, -0.15) is 0 Å². The number of carbonyl (C=O) groups excluding carboxylic acids is 2. The number of hydrogen-bond donors (Lipinski definition) is 2. The van der Waals surface area contributed by atoms with Crippen LogP contribution >= 0.6 is 11.3 Å². The van der Waals surface area contributed by atoms with E-state index in [0.717, 1.165) is 52.8 Å². The lowest BCUT2D eigenvalue weighted by Crippen LogP contribution is -2.26. The molecule has 8 heteroatoms. The van der Waals surface area contributed by atoms with E-state index in [1.807, 2.05) is 24.4 Å². The van der Waals surface area contributed by atoms with E-state index in [9.17, 15) is 9.59 Å². The first-order chi connectivity index (χ1) is 13.1. The molecule has 2 aliphatic rings. The highest BCUT2D eigenvalue weighted by Crippen LogP contribution is 2.45. The second kappa shape index (κ2) is 7.24. The second-order valence-corrected chi connectivity index (χ2v) is 6.96. The van der Waals surface area contributed by atoms with Crippen LogP contribution < -0.4 is 20.1 Å². The summed E-state index contributed by atoms with van der Waals surface area (Å²) in [6, 6.07) is 5.64. The van der Waals surface area contributed by atoms with Crippen LogP contribution in [0.15, 0.2) is 40.7 Å². The van der Waals surface area contributed by atoms with Crippen LogP contribution in [-0.4, -0.2) is 37.4 Å². The fourth-order valence-corrected chi connectivity index (χ4v) is 3.85. The highest BCUT2D eigenvalue weighted by Gasteiger charge is 2.24. The van der Waals surface area contributed by atoms with Gasteiger partial charge in [0.2, 0.25) is 0 Å². The molecular weight excluding hydrogens is 366 g/mol. The van der Waals surface area contributed by atoms with Crippen LogP contribution in [0.2, 0.25) is 0 Å². The van der Waals surface area contributed by atoms with E-state index in [0.29, 0.717) is 6.54 Å². The molecule has 138 valence electrons. The Labute approximate surface area is 159 Å². The van der Waals surface area contributed by atoms with E-state index in [1.165, 1.54) is 0 Å². The van der Waals surface area contributed by atoms with Crippen LogP contribution in [0.5, 0.6) is 11.5 Å². The molecule has 0 radical (unpaired) electrons. The maximum Gasteiger partial charge on any atom is 0.336 e.